The van der Waals surface area contributed by atoms with Gasteiger partial charge in [-0.15, -0.1) is 0 Å². The van der Waals surface area contributed by atoms with E-state index in [1.165, 1.54) is 6.92 Å². The van der Waals surface area contributed by atoms with E-state index >= 15 is 0 Å². The molecule has 6 nitrogen and oxygen atoms in total. The van der Waals surface area contributed by atoms with Gasteiger partial charge < -0.3 is 19.8 Å². The van der Waals surface area contributed by atoms with Crippen molar-refractivity contribution >= 4 is 15.6 Å². The van der Waals surface area contributed by atoms with Crippen LogP contribution in [-0.2, 0) is 9.13 Å². The number of aliphatic hydroxyl groups excluding tert-OH is 1. The van der Waals surface area contributed by atoms with E-state index < -0.39 is 21.0 Å². The molecule has 0 heterocycles. The topological polar surface area (TPSA) is 115 Å². The normalized spacial score (nSPS) is 15.3. The summed E-state index contributed by atoms with van der Waals surface area (Å²) in [6.45, 7) is 3.71. The highest BCUT2D eigenvalue weighted by molar-refractivity contribution is 7.65. The molecule has 2 atom stereocenters. The van der Waals surface area contributed by atoms with E-state index in [1.54, 1.807) is 0 Å². The third-order valence-corrected chi connectivity index (χ3v) is 5.13. The lowest BCUT2D eigenvalue weighted by Gasteiger charge is -2.11. The molecule has 0 spiro atoms. The van der Waals surface area contributed by atoms with Gasteiger partial charge in [-0.05, 0) is 12.8 Å². The van der Waals surface area contributed by atoms with Gasteiger partial charge in [0.1, 0.15) is 5.40 Å². The van der Waals surface area contributed by atoms with E-state index in [0.717, 1.165) is 6.42 Å². The Morgan fingerprint density at radius 2 is 1.71 bits per heavy atom. The summed E-state index contributed by atoms with van der Waals surface area (Å²) < 4.78 is 20.6. The van der Waals surface area contributed by atoms with Crippen LogP contribution in [0.5, 0.6) is 0 Å². The molecular weight excluding hydrogens is 230 g/mol. The molecule has 0 fully saturated rings. The molecule has 0 aromatic rings. The zero-order valence-electron chi connectivity index (χ0n) is 8.25. The first-order chi connectivity index (χ1) is 6.31. The minimum atomic E-state index is -4.35. The number of rotatable bonds is 4. The summed E-state index contributed by atoms with van der Waals surface area (Å²) in [5.41, 5.74) is 0. The molecule has 0 aliphatic rings. The van der Waals surface area contributed by atoms with Crippen molar-refractivity contribution in [3.05, 3.63) is 0 Å². The van der Waals surface area contributed by atoms with Crippen LogP contribution in [0.1, 0.15) is 26.7 Å². The van der Waals surface area contributed by atoms with Gasteiger partial charge in [-0.3, -0.25) is 9.13 Å². The minimum Gasteiger partial charge on any atom is -0.396 e. The van der Waals surface area contributed by atoms with Crippen LogP contribution < -0.4 is 0 Å². The number of hydrogen-bond donors (Lipinski definition) is 4. The number of hydrogen-bond acceptors (Lipinski definition) is 3. The fourth-order valence-corrected chi connectivity index (χ4v) is 2.53. The van der Waals surface area contributed by atoms with Crippen molar-refractivity contribution < 1.29 is 28.9 Å². The second kappa shape index (κ2) is 8.60. The van der Waals surface area contributed by atoms with Gasteiger partial charge in [0.25, 0.3) is 0 Å². The Kier molecular flexibility index (Phi) is 10.3. The maximum absolute atomic E-state index is 10.4. The average Bonchev–Trinajstić information content (AvgIpc) is 2.02. The molecule has 0 amide bonds. The van der Waals surface area contributed by atoms with Crippen LogP contribution in [0.2, 0.25) is 0 Å². The van der Waals surface area contributed by atoms with Crippen LogP contribution in [-0.4, -0.2) is 31.8 Å². The van der Waals surface area contributed by atoms with Gasteiger partial charge in [-0.2, -0.15) is 0 Å². The largest absolute Gasteiger partial charge is 0.396 e. The van der Waals surface area contributed by atoms with Crippen molar-refractivity contribution in [2.45, 2.75) is 32.1 Å². The average molecular weight is 248 g/mol. The summed E-state index contributed by atoms with van der Waals surface area (Å²) in [6.07, 6.45) is 0.901. The second-order valence-corrected chi connectivity index (χ2v) is 6.24. The zero-order valence-corrected chi connectivity index (χ0v) is 10.1. The Labute approximate surface area is 84.0 Å². The summed E-state index contributed by atoms with van der Waals surface area (Å²) in [6, 6.07) is 0. The summed E-state index contributed by atoms with van der Waals surface area (Å²) in [5.74, 6) is 0. The predicted octanol–water partition coefficient (Wildman–Crippen LogP) is 0.756. The van der Waals surface area contributed by atoms with Gasteiger partial charge in [-0.1, -0.05) is 13.8 Å². The highest BCUT2D eigenvalue weighted by Crippen LogP contribution is 2.53. The van der Waals surface area contributed by atoms with Crippen molar-refractivity contribution in [2.75, 3.05) is 6.61 Å². The van der Waals surface area contributed by atoms with Gasteiger partial charge in [0.05, 0.1) is 0 Å². The van der Waals surface area contributed by atoms with E-state index in [0.29, 0.717) is 6.61 Å². The maximum atomic E-state index is 10.4. The lowest BCUT2D eigenvalue weighted by Crippen LogP contribution is -2.00. The monoisotopic (exact) mass is 248 g/mol. The molecule has 2 unspecified atom stereocenters. The van der Waals surface area contributed by atoms with Crippen molar-refractivity contribution in [2.24, 2.45) is 0 Å². The lowest BCUT2D eigenvalue weighted by molar-refractivity contribution is 0.295. The first-order valence-electron chi connectivity index (χ1n) is 4.20. The number of aliphatic hydroxyl groups is 1. The van der Waals surface area contributed by atoms with Gasteiger partial charge in [0.2, 0.25) is 8.03 Å². The predicted molar refractivity (Wildman–Crippen MR) is 54.7 cm³/mol. The maximum Gasteiger partial charge on any atom is 0.337 e. The summed E-state index contributed by atoms with van der Waals surface area (Å²) in [7, 11) is -7.44. The molecule has 0 radical (unpaired) electrons. The molecule has 14 heavy (non-hydrogen) atoms. The molecule has 4 N–H and O–H groups in total. The highest BCUT2D eigenvalue weighted by atomic mass is 31.2. The smallest absolute Gasteiger partial charge is 0.337 e. The van der Waals surface area contributed by atoms with Gasteiger partial charge in [-0.25, -0.2) is 0 Å². The lowest BCUT2D eigenvalue weighted by atomic mass is 10.5. The van der Waals surface area contributed by atoms with Crippen LogP contribution in [0, 0.1) is 0 Å². The van der Waals surface area contributed by atoms with E-state index in [1.807, 2.05) is 6.92 Å². The Bertz CT molecular complexity index is 198. The fraction of sp³-hybridized carbons (Fsp3) is 1.00. The van der Waals surface area contributed by atoms with Crippen molar-refractivity contribution in [3.63, 3.8) is 0 Å². The molecule has 0 aliphatic heterocycles. The third-order valence-electron chi connectivity index (χ3n) is 1.30. The van der Waals surface area contributed by atoms with Gasteiger partial charge in [0.15, 0.2) is 0 Å². The standard InChI is InChI=1S/C3H10O5P2.C3H8O/c1-2-3(9(4)5)10(6,7)8;1-2-3-4/h3,9H,2H2,1H3,(H,4,5)(H2,6,7,8);4H,2-3H2,1H3. The molecule has 0 saturated carbocycles. The van der Waals surface area contributed by atoms with E-state index in [-0.39, 0.29) is 6.42 Å². The molecular formula is C6H18O6P2. The summed E-state index contributed by atoms with van der Waals surface area (Å²) in [4.78, 5) is 25.3. The van der Waals surface area contributed by atoms with Gasteiger partial charge >= 0.3 is 7.60 Å². The zero-order chi connectivity index (χ0) is 11.8. The van der Waals surface area contributed by atoms with Crippen LogP contribution >= 0.6 is 15.6 Å². The summed E-state index contributed by atoms with van der Waals surface area (Å²) >= 11 is 0. The third kappa shape index (κ3) is 8.88. The van der Waals surface area contributed by atoms with Crippen LogP contribution in [0.25, 0.3) is 0 Å². The van der Waals surface area contributed by atoms with Crippen molar-refractivity contribution in [3.8, 4) is 0 Å². The highest BCUT2D eigenvalue weighted by Gasteiger charge is 2.31. The Morgan fingerprint density at radius 3 is 1.71 bits per heavy atom. The first-order valence-corrected chi connectivity index (χ1v) is 7.31. The molecule has 8 heteroatoms. The van der Waals surface area contributed by atoms with Crippen LogP contribution in [0.15, 0.2) is 0 Å². The quantitative estimate of drug-likeness (QED) is 0.546. The Morgan fingerprint density at radius 1 is 1.36 bits per heavy atom. The Hall–Kier alpha value is 0.300. The minimum absolute atomic E-state index is 0.0264. The van der Waals surface area contributed by atoms with Crippen molar-refractivity contribution in [1.29, 1.82) is 0 Å². The molecule has 0 aliphatic carbocycles. The van der Waals surface area contributed by atoms with Crippen LogP contribution in [0.4, 0.5) is 0 Å². The fourth-order valence-electron chi connectivity index (χ4n) is 0.556. The van der Waals surface area contributed by atoms with E-state index in [9.17, 15) is 9.13 Å². The molecule has 0 saturated heterocycles. The van der Waals surface area contributed by atoms with Crippen molar-refractivity contribution in [1.82, 2.24) is 0 Å². The molecule has 88 valence electrons. The molecule has 0 bridgehead atoms. The summed E-state index contributed by atoms with van der Waals surface area (Å²) in [5, 5.41) is 6.51. The molecule has 0 rings (SSSR count). The van der Waals surface area contributed by atoms with Gasteiger partial charge in [0, 0.05) is 6.61 Å². The molecule has 0 aromatic heterocycles. The van der Waals surface area contributed by atoms with E-state index in [4.69, 9.17) is 19.8 Å². The van der Waals surface area contributed by atoms with Crippen LogP contribution in [0.3, 0.4) is 0 Å². The second-order valence-electron chi connectivity index (χ2n) is 2.57. The Balaban J connectivity index is 0. The molecule has 0 aromatic carbocycles. The van der Waals surface area contributed by atoms with E-state index in [2.05, 4.69) is 0 Å². The SMILES string of the molecule is CCC([PH](=O)O)P(=O)(O)O.CCCO. The first kappa shape index (κ1) is 16.7.